The molecule has 1 aliphatic rings. The van der Waals surface area contributed by atoms with Crippen LogP contribution >= 0.6 is 11.5 Å². The third kappa shape index (κ3) is 4.07. The monoisotopic (exact) mass is 378 g/mol. The van der Waals surface area contributed by atoms with Crippen LogP contribution in [0.1, 0.15) is 20.8 Å². The Labute approximate surface area is 163 Å². The number of hydrogen-bond acceptors (Lipinski definition) is 5. The molecule has 1 saturated heterocycles. The van der Waals surface area contributed by atoms with Gasteiger partial charge in [-0.05, 0) is 24.0 Å². The summed E-state index contributed by atoms with van der Waals surface area (Å²) < 4.78 is 4.04. The first-order chi connectivity index (χ1) is 13.2. The van der Waals surface area contributed by atoms with Crippen molar-refractivity contribution in [2.24, 2.45) is 0 Å². The fourth-order valence-corrected chi connectivity index (χ4v) is 3.98. The van der Waals surface area contributed by atoms with E-state index in [1.54, 1.807) is 0 Å². The van der Waals surface area contributed by atoms with E-state index in [1.807, 2.05) is 42.2 Å². The summed E-state index contributed by atoms with van der Waals surface area (Å²) in [6.07, 6.45) is 0. The minimum Gasteiger partial charge on any atom is -0.335 e. The smallest absolute Gasteiger partial charge is 0.267 e. The van der Waals surface area contributed by atoms with E-state index in [4.69, 9.17) is 0 Å². The summed E-state index contributed by atoms with van der Waals surface area (Å²) in [4.78, 5) is 18.0. The second-order valence-corrected chi connectivity index (χ2v) is 7.62. The average molecular weight is 379 g/mol. The number of hydrogen-bond donors (Lipinski definition) is 0. The van der Waals surface area contributed by atoms with Crippen LogP contribution in [0.2, 0.25) is 0 Å². The summed E-state index contributed by atoms with van der Waals surface area (Å²) >= 11 is 1.19. The molecule has 6 heteroatoms. The maximum Gasteiger partial charge on any atom is 0.267 e. The molecule has 5 nitrogen and oxygen atoms in total. The Morgan fingerprint density at radius 2 is 1.70 bits per heavy atom. The summed E-state index contributed by atoms with van der Waals surface area (Å²) in [5, 5.41) is 4.21. The molecule has 0 aliphatic carbocycles. The number of carbonyl (C=O) groups is 1. The van der Waals surface area contributed by atoms with Crippen molar-refractivity contribution in [1.82, 2.24) is 19.4 Å². The van der Waals surface area contributed by atoms with Crippen LogP contribution in [0.5, 0.6) is 0 Å². The van der Waals surface area contributed by atoms with Crippen LogP contribution in [0.3, 0.4) is 0 Å². The topological polar surface area (TPSA) is 49.3 Å². The molecule has 3 aromatic rings. The molecule has 0 atom stereocenters. The second-order valence-electron chi connectivity index (χ2n) is 6.87. The van der Waals surface area contributed by atoms with Crippen LogP contribution in [0.15, 0.2) is 54.6 Å². The summed E-state index contributed by atoms with van der Waals surface area (Å²) in [7, 11) is 0. The number of piperazine rings is 1. The molecule has 27 heavy (non-hydrogen) atoms. The van der Waals surface area contributed by atoms with Gasteiger partial charge in [0.05, 0.1) is 0 Å². The SMILES string of the molecule is Cc1ccc(-c2nnsc2C(=O)N2CCN(Cc3ccccc3)CC2)cc1. The van der Waals surface area contributed by atoms with Gasteiger partial charge in [-0.25, -0.2) is 0 Å². The highest BCUT2D eigenvalue weighted by Gasteiger charge is 2.26. The van der Waals surface area contributed by atoms with Crippen molar-refractivity contribution in [2.75, 3.05) is 26.2 Å². The van der Waals surface area contributed by atoms with Crippen molar-refractivity contribution in [3.8, 4) is 11.3 Å². The maximum absolute atomic E-state index is 13.0. The lowest BCUT2D eigenvalue weighted by Gasteiger charge is -2.34. The normalized spacial score (nSPS) is 15.1. The molecular formula is C21H22N4OS. The number of rotatable bonds is 4. The van der Waals surface area contributed by atoms with Gasteiger partial charge in [-0.1, -0.05) is 64.6 Å². The molecule has 0 bridgehead atoms. The molecule has 2 heterocycles. The average Bonchev–Trinajstić information content (AvgIpc) is 3.19. The van der Waals surface area contributed by atoms with E-state index in [0.29, 0.717) is 10.6 Å². The molecule has 0 unspecified atom stereocenters. The quantitative estimate of drug-likeness (QED) is 0.697. The van der Waals surface area contributed by atoms with Crippen molar-refractivity contribution in [1.29, 1.82) is 0 Å². The first kappa shape index (κ1) is 17.8. The van der Waals surface area contributed by atoms with Gasteiger partial charge in [0, 0.05) is 38.3 Å². The summed E-state index contributed by atoms with van der Waals surface area (Å²) in [6, 6.07) is 18.5. The van der Waals surface area contributed by atoms with Gasteiger partial charge in [-0.15, -0.1) is 5.10 Å². The van der Waals surface area contributed by atoms with Crippen LogP contribution in [0.4, 0.5) is 0 Å². The number of aryl methyl sites for hydroxylation is 1. The second kappa shape index (κ2) is 7.98. The Balaban J connectivity index is 1.42. The zero-order chi connectivity index (χ0) is 18.6. The number of amides is 1. The van der Waals surface area contributed by atoms with Gasteiger partial charge in [-0.3, -0.25) is 9.69 Å². The van der Waals surface area contributed by atoms with Gasteiger partial charge >= 0.3 is 0 Å². The lowest BCUT2D eigenvalue weighted by Crippen LogP contribution is -2.48. The minimum atomic E-state index is 0.0416. The molecule has 2 aromatic carbocycles. The predicted molar refractivity (Wildman–Crippen MR) is 108 cm³/mol. The van der Waals surface area contributed by atoms with Crippen molar-refractivity contribution in [3.05, 3.63) is 70.6 Å². The molecule has 138 valence electrons. The highest BCUT2D eigenvalue weighted by molar-refractivity contribution is 7.08. The molecule has 0 saturated carbocycles. The predicted octanol–water partition coefficient (Wildman–Crippen LogP) is 3.47. The zero-order valence-electron chi connectivity index (χ0n) is 15.3. The molecular weight excluding hydrogens is 356 g/mol. The summed E-state index contributed by atoms with van der Waals surface area (Å²) in [6.45, 7) is 6.21. The van der Waals surface area contributed by atoms with Crippen LogP contribution < -0.4 is 0 Å². The van der Waals surface area contributed by atoms with Gasteiger partial charge < -0.3 is 4.90 Å². The van der Waals surface area contributed by atoms with Gasteiger partial charge in [0.2, 0.25) is 0 Å². The number of nitrogens with zero attached hydrogens (tertiary/aromatic N) is 4. The number of carbonyl (C=O) groups excluding carboxylic acids is 1. The molecule has 0 spiro atoms. The van der Waals surface area contributed by atoms with E-state index < -0.39 is 0 Å². The molecule has 1 aromatic heterocycles. The van der Waals surface area contributed by atoms with Crippen LogP contribution in [0, 0.1) is 6.92 Å². The van der Waals surface area contributed by atoms with Gasteiger partial charge in [0.25, 0.3) is 5.91 Å². The Morgan fingerprint density at radius 1 is 1.00 bits per heavy atom. The largest absolute Gasteiger partial charge is 0.335 e. The van der Waals surface area contributed by atoms with E-state index in [2.05, 4.69) is 38.8 Å². The summed E-state index contributed by atoms with van der Waals surface area (Å²) in [5.41, 5.74) is 4.13. The Kier molecular flexibility index (Phi) is 5.27. The highest BCUT2D eigenvalue weighted by Crippen LogP contribution is 2.26. The molecule has 4 rings (SSSR count). The van der Waals surface area contributed by atoms with Crippen LogP contribution in [-0.4, -0.2) is 51.5 Å². The standard InChI is InChI=1S/C21H22N4OS/c1-16-7-9-18(10-8-16)19-20(27-23-22-19)21(26)25-13-11-24(12-14-25)15-17-5-3-2-4-6-17/h2-10H,11-15H2,1H3. The van der Waals surface area contributed by atoms with E-state index in [9.17, 15) is 4.79 Å². The zero-order valence-corrected chi connectivity index (χ0v) is 16.2. The molecule has 1 fully saturated rings. The first-order valence-corrected chi connectivity index (χ1v) is 9.93. The lowest BCUT2D eigenvalue weighted by molar-refractivity contribution is 0.0633. The van der Waals surface area contributed by atoms with Crippen molar-refractivity contribution < 1.29 is 4.79 Å². The molecule has 0 N–H and O–H groups in total. The number of benzene rings is 2. The Bertz CT molecular complexity index is 899. The van der Waals surface area contributed by atoms with E-state index in [0.717, 1.165) is 38.3 Å². The van der Waals surface area contributed by atoms with Gasteiger partial charge in [-0.2, -0.15) is 0 Å². The van der Waals surface area contributed by atoms with E-state index in [1.165, 1.54) is 22.7 Å². The molecule has 1 aliphatic heterocycles. The third-order valence-corrected chi connectivity index (χ3v) is 5.63. The summed E-state index contributed by atoms with van der Waals surface area (Å²) in [5.74, 6) is 0.0416. The van der Waals surface area contributed by atoms with E-state index >= 15 is 0 Å². The fourth-order valence-electron chi connectivity index (χ4n) is 3.33. The van der Waals surface area contributed by atoms with Gasteiger partial charge in [0.1, 0.15) is 10.6 Å². The van der Waals surface area contributed by atoms with Crippen molar-refractivity contribution >= 4 is 17.4 Å². The van der Waals surface area contributed by atoms with Crippen molar-refractivity contribution in [2.45, 2.75) is 13.5 Å². The van der Waals surface area contributed by atoms with Crippen LogP contribution in [0.25, 0.3) is 11.3 Å². The Morgan fingerprint density at radius 3 is 2.41 bits per heavy atom. The van der Waals surface area contributed by atoms with E-state index in [-0.39, 0.29) is 5.91 Å². The van der Waals surface area contributed by atoms with Crippen molar-refractivity contribution in [3.63, 3.8) is 0 Å². The third-order valence-electron chi connectivity index (χ3n) is 4.92. The van der Waals surface area contributed by atoms with Gasteiger partial charge in [0.15, 0.2) is 0 Å². The maximum atomic E-state index is 13.0. The molecule has 1 amide bonds. The number of aromatic nitrogens is 2. The fraction of sp³-hybridized carbons (Fsp3) is 0.286. The first-order valence-electron chi connectivity index (χ1n) is 9.15. The lowest BCUT2D eigenvalue weighted by atomic mass is 10.1. The Hall–Kier alpha value is -2.57. The van der Waals surface area contributed by atoms with Crippen LogP contribution in [-0.2, 0) is 6.54 Å². The molecule has 0 radical (unpaired) electrons. The highest BCUT2D eigenvalue weighted by atomic mass is 32.1. The minimum absolute atomic E-state index is 0.0416.